The van der Waals surface area contributed by atoms with Crippen molar-refractivity contribution in [2.75, 3.05) is 31.9 Å². The van der Waals surface area contributed by atoms with Gasteiger partial charge in [0.05, 0.1) is 40.8 Å². The van der Waals surface area contributed by atoms with Crippen LogP contribution in [0.4, 0.5) is 4.39 Å². The van der Waals surface area contributed by atoms with Crippen molar-refractivity contribution in [1.29, 1.82) is 0 Å². The van der Waals surface area contributed by atoms with Crippen molar-refractivity contribution in [1.82, 2.24) is 25.1 Å². The molecule has 8 atom stereocenters. The van der Waals surface area contributed by atoms with E-state index < -0.39 is 23.4 Å². The third-order valence-corrected chi connectivity index (χ3v) is 10.8. The predicted molar refractivity (Wildman–Crippen MR) is 148 cm³/mol. The number of ketones is 1. The number of carbonyl (C=O) groups is 2. The number of ether oxygens (including phenoxy) is 1. The van der Waals surface area contributed by atoms with E-state index in [0.29, 0.717) is 18.7 Å². The second-order valence-corrected chi connectivity index (χ2v) is 13.3. The highest BCUT2D eigenvalue weighted by Crippen LogP contribution is 2.48. The minimum Gasteiger partial charge on any atom is -0.369 e. The number of hydrogen-bond acceptors (Lipinski definition) is 8. The van der Waals surface area contributed by atoms with Crippen LogP contribution >= 0.6 is 23.4 Å². The highest BCUT2D eigenvalue weighted by Gasteiger charge is 2.58. The molecule has 0 aromatic carbocycles. The average Bonchev–Trinajstić information content (AvgIpc) is 3.46. The first-order chi connectivity index (χ1) is 19.0. The number of thioether (sulfide) groups is 1. The summed E-state index contributed by atoms with van der Waals surface area (Å²) in [6, 6.07) is -0.310. The van der Waals surface area contributed by atoms with E-state index in [1.807, 2.05) is 0 Å². The van der Waals surface area contributed by atoms with Crippen LogP contribution in [0.25, 0.3) is 0 Å². The van der Waals surface area contributed by atoms with Crippen molar-refractivity contribution in [3.05, 3.63) is 36.1 Å². The molecule has 4 heterocycles. The van der Waals surface area contributed by atoms with Crippen molar-refractivity contribution >= 4 is 35.1 Å². The Morgan fingerprint density at radius 3 is 2.87 bits per heavy atom. The van der Waals surface area contributed by atoms with E-state index in [1.54, 1.807) is 36.6 Å². The normalized spacial score (nSPS) is 36.2. The maximum Gasteiger partial charge on any atom is 0.256 e. The second-order valence-electron chi connectivity index (χ2n) is 11.4. The van der Waals surface area contributed by atoms with Gasteiger partial charge in [0.2, 0.25) is 0 Å². The number of aryl methyl sites for hydroxylation is 1. The van der Waals surface area contributed by atoms with Gasteiger partial charge < -0.3 is 19.9 Å². The Hall–Kier alpha value is -1.75. The summed E-state index contributed by atoms with van der Waals surface area (Å²) in [5, 5.41) is 2.59. The molecule has 0 radical (unpaired) electrons. The number of amides is 1. The molecule has 5 aliphatic rings. The molecule has 39 heavy (non-hydrogen) atoms. The molecule has 1 aromatic heterocycles. The van der Waals surface area contributed by atoms with Crippen molar-refractivity contribution in [2.24, 2.45) is 5.92 Å². The Labute approximate surface area is 238 Å². The fourth-order valence-electron chi connectivity index (χ4n) is 7.06. The van der Waals surface area contributed by atoms with Gasteiger partial charge in [0, 0.05) is 55.6 Å². The lowest BCUT2D eigenvalue weighted by molar-refractivity contribution is -0.184. The number of alkyl halides is 2. The Morgan fingerprint density at radius 2 is 2.08 bits per heavy atom. The molecule has 4 fully saturated rings. The summed E-state index contributed by atoms with van der Waals surface area (Å²) in [5.41, 5.74) is 1.02. The molecule has 3 aliphatic heterocycles. The number of morpholine rings is 1. The first kappa shape index (κ1) is 27.4. The van der Waals surface area contributed by atoms with Crippen LogP contribution in [0.5, 0.6) is 0 Å². The lowest BCUT2D eigenvalue weighted by Crippen LogP contribution is -2.70. The average molecular weight is 578 g/mol. The molecule has 8 nitrogen and oxygen atoms in total. The Balaban J connectivity index is 1.21. The zero-order valence-electron chi connectivity index (χ0n) is 22.1. The summed E-state index contributed by atoms with van der Waals surface area (Å²) in [6.45, 7) is 3.37. The number of Topliss-reactive ketones (excluding diaryl/α,β-unsaturated/α-hetero) is 1. The van der Waals surface area contributed by atoms with Crippen LogP contribution in [0.1, 0.15) is 44.2 Å². The van der Waals surface area contributed by atoms with Crippen LogP contribution in [0.15, 0.2) is 30.4 Å². The van der Waals surface area contributed by atoms with Gasteiger partial charge in [-0.05, 0) is 57.4 Å². The fourth-order valence-corrected chi connectivity index (χ4v) is 8.70. The zero-order chi connectivity index (χ0) is 26.9. The molecule has 212 valence electrons. The lowest BCUT2D eigenvalue weighted by atomic mass is 9.71. The summed E-state index contributed by atoms with van der Waals surface area (Å²) in [5.74, 6) is -0.534. The number of nitrogens with one attached hydrogen (secondary N) is 1. The van der Waals surface area contributed by atoms with Gasteiger partial charge in [-0.3, -0.25) is 19.6 Å². The Bertz CT molecular complexity index is 1080. The Kier molecular flexibility index (Phi) is 8.44. The summed E-state index contributed by atoms with van der Waals surface area (Å²) in [6.07, 6.45) is 10.6. The van der Waals surface area contributed by atoms with Crippen molar-refractivity contribution in [2.45, 2.75) is 86.0 Å². The minimum atomic E-state index is -1.20. The predicted octanol–water partition coefficient (Wildman–Crippen LogP) is 2.76. The van der Waals surface area contributed by atoms with E-state index in [2.05, 4.69) is 25.1 Å². The number of likely N-dealkylation sites (tertiary alicyclic amines) is 1. The van der Waals surface area contributed by atoms with Crippen LogP contribution in [0.2, 0.25) is 0 Å². The highest BCUT2D eigenvalue weighted by atomic mass is 35.5. The van der Waals surface area contributed by atoms with Gasteiger partial charge >= 0.3 is 0 Å². The molecule has 0 bridgehead atoms. The van der Waals surface area contributed by atoms with Gasteiger partial charge in [-0.2, -0.15) is 11.8 Å². The maximum atomic E-state index is 15.8. The van der Waals surface area contributed by atoms with Crippen LogP contribution in [-0.2, 0) is 20.7 Å². The number of rotatable bonds is 8. The summed E-state index contributed by atoms with van der Waals surface area (Å²) < 4.78 is 22.5. The van der Waals surface area contributed by atoms with E-state index in [1.165, 1.54) is 12.8 Å². The zero-order valence-corrected chi connectivity index (χ0v) is 23.7. The van der Waals surface area contributed by atoms with Crippen molar-refractivity contribution < 1.29 is 18.7 Å². The number of aromatic nitrogens is 2. The number of hydrogen-bond donors (Lipinski definition) is 1. The number of nitrogens with zero attached hydrogens (tertiary/aromatic N) is 4. The molecule has 11 heteroatoms. The molecule has 1 N–H and O–H groups in total. The van der Waals surface area contributed by atoms with Gasteiger partial charge in [-0.25, -0.2) is 4.39 Å². The number of halogens is 2. The van der Waals surface area contributed by atoms with Crippen LogP contribution in [-0.4, -0.2) is 104 Å². The highest BCUT2D eigenvalue weighted by molar-refractivity contribution is 8.00. The minimum absolute atomic E-state index is 0.0169. The monoisotopic (exact) mass is 577 g/mol. The molecular weight excluding hydrogens is 541 g/mol. The molecule has 0 spiro atoms. The van der Waals surface area contributed by atoms with E-state index >= 15 is 4.39 Å². The van der Waals surface area contributed by atoms with Gasteiger partial charge in [0.1, 0.15) is 6.17 Å². The SMILES string of the molecule is O=C(NCCN1CCCC1)C1=CN2C3CC(Cl)CCC3OC3C(SCCc4cnccn4)C(F)CC(C1=O)C32. The van der Waals surface area contributed by atoms with E-state index in [4.69, 9.17) is 16.3 Å². The maximum absolute atomic E-state index is 15.8. The summed E-state index contributed by atoms with van der Waals surface area (Å²) in [7, 11) is 0. The largest absolute Gasteiger partial charge is 0.369 e. The molecular formula is C28H37ClFN5O3S. The van der Waals surface area contributed by atoms with Crippen molar-refractivity contribution in [3.63, 3.8) is 0 Å². The molecule has 1 aromatic rings. The molecule has 2 aliphatic carbocycles. The molecule has 6 rings (SSSR count). The van der Waals surface area contributed by atoms with Gasteiger partial charge in [0.25, 0.3) is 5.91 Å². The first-order valence-corrected chi connectivity index (χ1v) is 15.8. The summed E-state index contributed by atoms with van der Waals surface area (Å²) in [4.78, 5) is 39.9. The third-order valence-electron chi connectivity index (χ3n) is 8.98. The van der Waals surface area contributed by atoms with Crippen LogP contribution in [0.3, 0.4) is 0 Å². The van der Waals surface area contributed by atoms with Crippen LogP contribution in [0, 0.1) is 5.92 Å². The standard InChI is InChI=1S/C28H37ClFN5O3S/c29-17-3-4-23-22(13-17)35-16-20(28(37)33-8-11-34-9-1-2-10-34)25(36)19-14-21(30)27(26(38-23)24(19)35)39-12-5-18-15-31-6-7-32-18/h6-7,15-17,19,21-24,26-27H,1-5,8-14H2,(H,33,37). The van der Waals surface area contributed by atoms with Gasteiger partial charge in [-0.1, -0.05) is 0 Å². The van der Waals surface area contributed by atoms with E-state index in [9.17, 15) is 9.59 Å². The fraction of sp³-hybridized carbons (Fsp3) is 0.714. The van der Waals surface area contributed by atoms with Gasteiger partial charge in [-0.15, -0.1) is 11.6 Å². The summed E-state index contributed by atoms with van der Waals surface area (Å²) >= 11 is 8.16. The molecule has 2 saturated heterocycles. The molecule has 1 amide bonds. The molecule has 2 saturated carbocycles. The molecule has 8 unspecified atom stereocenters. The van der Waals surface area contributed by atoms with E-state index in [0.717, 1.165) is 44.6 Å². The third kappa shape index (κ3) is 5.72. The lowest BCUT2D eigenvalue weighted by Gasteiger charge is -2.59. The number of carbonyl (C=O) groups excluding carboxylic acids is 2. The van der Waals surface area contributed by atoms with Crippen molar-refractivity contribution in [3.8, 4) is 0 Å². The van der Waals surface area contributed by atoms with Crippen LogP contribution < -0.4 is 5.32 Å². The quantitative estimate of drug-likeness (QED) is 0.373. The van der Waals surface area contributed by atoms with Gasteiger partial charge in [0.15, 0.2) is 5.78 Å². The van der Waals surface area contributed by atoms with E-state index in [-0.39, 0.29) is 47.2 Å². The first-order valence-electron chi connectivity index (χ1n) is 14.3. The second kappa shape index (κ2) is 12.0. The number of fused-ring (bicyclic) bond motifs is 2. The topological polar surface area (TPSA) is 87.7 Å². The Morgan fingerprint density at radius 1 is 1.23 bits per heavy atom. The smallest absolute Gasteiger partial charge is 0.256 e.